The fourth-order valence-electron chi connectivity index (χ4n) is 3.41. The van der Waals surface area contributed by atoms with E-state index in [1.54, 1.807) is 28.4 Å². The van der Waals surface area contributed by atoms with Crippen LogP contribution >= 0.6 is 0 Å². The Morgan fingerprint density at radius 1 is 0.769 bits per heavy atom. The van der Waals surface area contributed by atoms with E-state index in [0.717, 1.165) is 27.1 Å². The van der Waals surface area contributed by atoms with Crippen LogP contribution in [0.25, 0.3) is 21.5 Å². The fourth-order valence-corrected chi connectivity index (χ4v) is 3.41. The molecule has 1 unspecified atom stereocenters. The minimum absolute atomic E-state index is 0.162. The Balaban J connectivity index is 2.51. The second-order valence-corrected chi connectivity index (χ2v) is 6.13. The summed E-state index contributed by atoms with van der Waals surface area (Å²) in [6.45, 7) is 2.12. The topological polar surface area (TPSA) is 49.0 Å². The average molecular weight is 355 g/mol. The highest BCUT2D eigenvalue weighted by atomic mass is 16.5. The van der Waals surface area contributed by atoms with Gasteiger partial charge in [0, 0.05) is 11.4 Å². The Hall–Kier alpha value is -2.66. The summed E-state index contributed by atoms with van der Waals surface area (Å²) in [5.74, 6) is 2.80. The third-order valence-electron chi connectivity index (χ3n) is 4.90. The maximum atomic E-state index is 5.74. The minimum Gasteiger partial charge on any atom is -0.493 e. The third kappa shape index (κ3) is 2.78. The molecule has 1 atom stereocenters. The summed E-state index contributed by atoms with van der Waals surface area (Å²) in [6, 6.07) is 10.4. The molecule has 0 aromatic heterocycles. The van der Waals surface area contributed by atoms with Crippen molar-refractivity contribution in [1.29, 1.82) is 0 Å². The van der Waals surface area contributed by atoms with E-state index in [4.69, 9.17) is 18.9 Å². The maximum Gasteiger partial charge on any atom is 0.169 e. The number of hydrogen-bond acceptors (Lipinski definition) is 5. The first-order valence-corrected chi connectivity index (χ1v) is 8.50. The quantitative estimate of drug-likeness (QED) is 0.668. The molecule has 3 aromatic carbocycles. The normalized spacial score (nSPS) is 12.2. The van der Waals surface area contributed by atoms with E-state index in [0.29, 0.717) is 23.0 Å². The van der Waals surface area contributed by atoms with Crippen LogP contribution in [0.5, 0.6) is 23.0 Å². The molecule has 26 heavy (non-hydrogen) atoms. The van der Waals surface area contributed by atoms with Gasteiger partial charge in [0.1, 0.15) is 0 Å². The van der Waals surface area contributed by atoms with Gasteiger partial charge in [-0.3, -0.25) is 0 Å². The Morgan fingerprint density at radius 2 is 1.42 bits per heavy atom. The molecule has 3 rings (SSSR count). The number of rotatable bonds is 6. The molecule has 0 aliphatic rings. The molecular weight excluding hydrogens is 330 g/mol. The Kier molecular flexibility index (Phi) is 5.09. The Labute approximate surface area is 153 Å². The van der Waals surface area contributed by atoms with Crippen molar-refractivity contribution in [3.8, 4) is 23.0 Å². The van der Waals surface area contributed by atoms with Crippen molar-refractivity contribution in [2.24, 2.45) is 0 Å². The first-order chi connectivity index (χ1) is 12.6. The molecule has 0 saturated carbocycles. The number of hydrogen-bond donors (Lipinski definition) is 1. The predicted octanol–water partition coefficient (Wildman–Crippen LogP) is 4.31. The first-order valence-electron chi connectivity index (χ1n) is 8.50. The summed E-state index contributed by atoms with van der Waals surface area (Å²) in [7, 11) is 8.55. The van der Waals surface area contributed by atoms with Crippen molar-refractivity contribution < 1.29 is 18.9 Å². The van der Waals surface area contributed by atoms with Crippen LogP contribution in [0.1, 0.15) is 18.5 Å². The van der Waals surface area contributed by atoms with Gasteiger partial charge in [-0.05, 0) is 53.9 Å². The SMILES string of the molecule is CNC(C)c1cc(OC)c(OC)c2c1ccc1cc(OC)c(OC)cc12. The molecular formula is C21H25NO4. The smallest absolute Gasteiger partial charge is 0.169 e. The van der Waals surface area contributed by atoms with Crippen molar-refractivity contribution >= 4 is 21.5 Å². The molecule has 0 amide bonds. The monoisotopic (exact) mass is 355 g/mol. The lowest BCUT2D eigenvalue weighted by Gasteiger charge is -2.20. The molecule has 0 fully saturated rings. The fraction of sp³-hybridized carbons (Fsp3) is 0.333. The highest BCUT2D eigenvalue weighted by molar-refractivity contribution is 6.13. The van der Waals surface area contributed by atoms with Crippen molar-refractivity contribution in [3.63, 3.8) is 0 Å². The standard InChI is InChI=1S/C21H25NO4/c1-12(22-2)15-10-19(25-5)21(26-6)20-14(15)8-7-13-9-17(23-3)18(24-4)11-16(13)20/h7-12,22H,1-6H3. The molecule has 0 spiro atoms. The van der Waals surface area contributed by atoms with Gasteiger partial charge >= 0.3 is 0 Å². The molecule has 0 radical (unpaired) electrons. The van der Waals surface area contributed by atoms with Crippen LogP contribution in [-0.4, -0.2) is 35.5 Å². The summed E-state index contributed by atoms with van der Waals surface area (Å²) >= 11 is 0. The molecule has 0 bridgehead atoms. The molecule has 5 heteroatoms. The van der Waals surface area contributed by atoms with Crippen LogP contribution in [0.3, 0.4) is 0 Å². The predicted molar refractivity (Wildman–Crippen MR) is 105 cm³/mol. The van der Waals surface area contributed by atoms with Gasteiger partial charge in [0.05, 0.1) is 28.4 Å². The van der Waals surface area contributed by atoms with Crippen molar-refractivity contribution in [2.75, 3.05) is 35.5 Å². The molecule has 0 aliphatic heterocycles. The zero-order chi connectivity index (χ0) is 18.8. The summed E-state index contributed by atoms with van der Waals surface area (Å²) in [6.07, 6.45) is 0. The van der Waals surface area contributed by atoms with Gasteiger partial charge in [0.15, 0.2) is 23.0 Å². The van der Waals surface area contributed by atoms with E-state index in [9.17, 15) is 0 Å². The Morgan fingerprint density at radius 3 is 2.00 bits per heavy atom. The van der Waals surface area contributed by atoms with Gasteiger partial charge in [0.25, 0.3) is 0 Å². The molecule has 5 nitrogen and oxygen atoms in total. The summed E-state index contributed by atoms with van der Waals surface area (Å²) in [5, 5.41) is 7.50. The van der Waals surface area contributed by atoms with Gasteiger partial charge in [0.2, 0.25) is 0 Å². The van der Waals surface area contributed by atoms with Crippen molar-refractivity contribution in [1.82, 2.24) is 5.32 Å². The number of nitrogens with one attached hydrogen (secondary N) is 1. The molecule has 138 valence electrons. The van der Waals surface area contributed by atoms with Gasteiger partial charge in [-0.15, -0.1) is 0 Å². The molecule has 0 heterocycles. The van der Waals surface area contributed by atoms with Crippen LogP contribution in [-0.2, 0) is 0 Å². The zero-order valence-electron chi connectivity index (χ0n) is 16.1. The third-order valence-corrected chi connectivity index (χ3v) is 4.90. The second kappa shape index (κ2) is 7.30. The minimum atomic E-state index is 0.162. The number of benzene rings is 3. The van der Waals surface area contributed by atoms with Crippen molar-refractivity contribution in [2.45, 2.75) is 13.0 Å². The first kappa shape index (κ1) is 18.1. The lowest BCUT2D eigenvalue weighted by molar-refractivity contribution is 0.355. The number of ether oxygens (including phenoxy) is 4. The lowest BCUT2D eigenvalue weighted by Crippen LogP contribution is -2.13. The highest BCUT2D eigenvalue weighted by Gasteiger charge is 2.20. The van der Waals surface area contributed by atoms with Crippen LogP contribution in [0.4, 0.5) is 0 Å². The molecule has 0 aliphatic carbocycles. The lowest BCUT2D eigenvalue weighted by atomic mass is 9.93. The average Bonchev–Trinajstić information content (AvgIpc) is 2.70. The van der Waals surface area contributed by atoms with Crippen LogP contribution < -0.4 is 24.3 Å². The molecule has 0 saturated heterocycles. The van der Waals surface area contributed by atoms with Crippen LogP contribution in [0, 0.1) is 0 Å². The van der Waals surface area contributed by atoms with Gasteiger partial charge < -0.3 is 24.3 Å². The summed E-state index contributed by atoms with van der Waals surface area (Å²) in [5.41, 5.74) is 1.15. The van der Waals surface area contributed by atoms with Gasteiger partial charge in [-0.25, -0.2) is 0 Å². The Bertz CT molecular complexity index is 952. The van der Waals surface area contributed by atoms with E-state index in [1.165, 1.54) is 0 Å². The molecule has 3 aromatic rings. The van der Waals surface area contributed by atoms with Crippen molar-refractivity contribution in [3.05, 3.63) is 35.9 Å². The van der Waals surface area contributed by atoms with Crippen LogP contribution in [0.2, 0.25) is 0 Å². The van der Waals surface area contributed by atoms with Gasteiger partial charge in [-0.1, -0.05) is 12.1 Å². The second-order valence-electron chi connectivity index (χ2n) is 6.13. The van der Waals surface area contributed by atoms with Crippen LogP contribution in [0.15, 0.2) is 30.3 Å². The summed E-state index contributed by atoms with van der Waals surface area (Å²) < 4.78 is 22.3. The maximum absolute atomic E-state index is 5.74. The molecule has 1 N–H and O–H groups in total. The van der Waals surface area contributed by atoms with E-state index in [-0.39, 0.29) is 6.04 Å². The zero-order valence-corrected chi connectivity index (χ0v) is 16.1. The highest BCUT2D eigenvalue weighted by Crippen LogP contribution is 2.45. The number of methoxy groups -OCH3 is 4. The number of fused-ring (bicyclic) bond motifs is 3. The van der Waals surface area contributed by atoms with E-state index in [1.807, 2.05) is 25.2 Å². The van der Waals surface area contributed by atoms with E-state index < -0.39 is 0 Å². The summed E-state index contributed by atoms with van der Waals surface area (Å²) in [4.78, 5) is 0. The van der Waals surface area contributed by atoms with Gasteiger partial charge in [-0.2, -0.15) is 0 Å². The largest absolute Gasteiger partial charge is 0.493 e. The van der Waals surface area contributed by atoms with E-state index in [2.05, 4.69) is 24.4 Å². The van der Waals surface area contributed by atoms with E-state index >= 15 is 0 Å².